The molecule has 0 unspecified atom stereocenters. The third-order valence-electron chi connectivity index (χ3n) is 8.61. The molecule has 1 aliphatic rings. The number of ether oxygens (including phenoxy) is 2. The van der Waals surface area contributed by atoms with E-state index in [1.165, 1.54) is 10.9 Å². The van der Waals surface area contributed by atoms with Crippen molar-refractivity contribution in [2.75, 3.05) is 14.2 Å². The number of methoxy groups -OCH3 is 2. The monoisotopic (exact) mass is 554 g/mol. The predicted molar refractivity (Wildman–Crippen MR) is 166 cm³/mol. The van der Waals surface area contributed by atoms with Crippen molar-refractivity contribution in [3.63, 3.8) is 0 Å². The Hall–Kier alpha value is -3.77. The van der Waals surface area contributed by atoms with E-state index >= 15 is 0 Å². The lowest BCUT2D eigenvalue weighted by molar-refractivity contribution is -0.00257. The van der Waals surface area contributed by atoms with E-state index in [-0.39, 0.29) is 23.8 Å². The first-order valence-electron chi connectivity index (χ1n) is 14.6. The van der Waals surface area contributed by atoms with E-state index in [1.807, 2.05) is 44.2 Å². The molecule has 1 aliphatic carbocycles. The van der Waals surface area contributed by atoms with Gasteiger partial charge in [-0.25, -0.2) is 0 Å². The number of hydrogen-bond acceptors (Lipinski definition) is 4. The van der Waals surface area contributed by atoms with Crippen LogP contribution in [0.15, 0.2) is 60.7 Å². The van der Waals surface area contributed by atoms with Crippen LogP contribution < -0.4 is 14.8 Å². The van der Waals surface area contributed by atoms with Crippen LogP contribution in [0.4, 0.5) is 0 Å². The van der Waals surface area contributed by atoms with Crippen LogP contribution in [-0.2, 0) is 0 Å². The molecule has 1 fully saturated rings. The van der Waals surface area contributed by atoms with E-state index in [0.717, 1.165) is 53.6 Å². The molecule has 3 N–H and O–H groups in total. The maximum Gasteiger partial charge on any atom is 0.251 e. The molecule has 3 aromatic carbocycles. The molecule has 0 aliphatic heterocycles. The summed E-state index contributed by atoms with van der Waals surface area (Å²) in [6.07, 6.45) is 3.64. The van der Waals surface area contributed by atoms with Gasteiger partial charge in [-0.05, 0) is 111 Å². The third-order valence-corrected chi connectivity index (χ3v) is 8.61. The number of carbonyl (C=O) groups is 1. The molecule has 1 amide bonds. The summed E-state index contributed by atoms with van der Waals surface area (Å²) >= 11 is 0. The fourth-order valence-corrected chi connectivity index (χ4v) is 6.26. The second kappa shape index (κ2) is 11.6. The largest absolute Gasteiger partial charge is 0.493 e. The van der Waals surface area contributed by atoms with Crippen LogP contribution in [0.1, 0.15) is 75.2 Å². The Labute approximate surface area is 243 Å². The number of benzene rings is 3. The van der Waals surface area contributed by atoms with Crippen LogP contribution >= 0.6 is 0 Å². The quantitative estimate of drug-likeness (QED) is 0.208. The molecule has 4 aromatic rings. The minimum Gasteiger partial charge on any atom is -0.493 e. The summed E-state index contributed by atoms with van der Waals surface area (Å²) in [7, 11) is 3.29. The summed E-state index contributed by atoms with van der Waals surface area (Å²) in [5.41, 5.74) is 6.49. The van der Waals surface area contributed by atoms with Crippen molar-refractivity contribution in [2.24, 2.45) is 5.92 Å². The fraction of sp³-hybridized carbons (Fsp3) is 0.400. The predicted octanol–water partition coefficient (Wildman–Crippen LogP) is 7.70. The number of carbonyl (C=O) groups excluding carboxylic acids is 1. The number of nitrogens with one attached hydrogen (secondary N) is 2. The molecule has 0 bridgehead atoms. The molecular weight excluding hydrogens is 512 g/mol. The maximum atomic E-state index is 13.2. The van der Waals surface area contributed by atoms with Crippen LogP contribution in [0.5, 0.6) is 11.5 Å². The second-order valence-corrected chi connectivity index (χ2v) is 12.2. The summed E-state index contributed by atoms with van der Waals surface area (Å²) in [5.74, 6) is 1.92. The Morgan fingerprint density at radius 3 is 2.24 bits per heavy atom. The summed E-state index contributed by atoms with van der Waals surface area (Å²) in [6.45, 7) is 8.18. The smallest absolute Gasteiger partial charge is 0.251 e. The molecule has 0 atom stereocenters. The molecule has 0 saturated heterocycles. The number of H-pyrrole nitrogens is 1. The Morgan fingerprint density at radius 1 is 0.902 bits per heavy atom. The summed E-state index contributed by atoms with van der Waals surface area (Å²) in [6, 6.07) is 20.5. The molecule has 216 valence electrons. The van der Waals surface area contributed by atoms with Crippen molar-refractivity contribution in [1.82, 2.24) is 10.3 Å². The average Bonchev–Trinajstić information content (AvgIpc) is 3.36. The van der Waals surface area contributed by atoms with Gasteiger partial charge < -0.3 is 24.9 Å². The zero-order valence-corrected chi connectivity index (χ0v) is 25.0. The summed E-state index contributed by atoms with van der Waals surface area (Å²) in [5, 5.41) is 14.7. The van der Waals surface area contributed by atoms with Gasteiger partial charge in [0.2, 0.25) is 0 Å². The standard InChI is InChI=1S/C35H42N2O4/c1-21(2)32-28-19-23(10-16-29(28)37-33(32)24-11-17-30(40-5)31(20-24)41-6)22-8-7-9-25(18-22)34(38)36-27-14-12-26(13-15-27)35(3,4)39/h7-11,16-21,26-27,37,39H,12-15H2,1-6H3,(H,36,38)/t26-,27-. The van der Waals surface area contributed by atoms with Gasteiger partial charge in [-0.1, -0.05) is 32.0 Å². The van der Waals surface area contributed by atoms with Gasteiger partial charge in [-0.2, -0.15) is 0 Å². The molecule has 0 spiro atoms. The Morgan fingerprint density at radius 2 is 1.59 bits per heavy atom. The van der Waals surface area contributed by atoms with Crippen molar-refractivity contribution in [1.29, 1.82) is 0 Å². The number of hydrogen-bond donors (Lipinski definition) is 3. The summed E-state index contributed by atoms with van der Waals surface area (Å²) < 4.78 is 11.0. The second-order valence-electron chi connectivity index (χ2n) is 12.2. The molecule has 1 aromatic heterocycles. The van der Waals surface area contributed by atoms with Crippen LogP contribution in [0.2, 0.25) is 0 Å². The van der Waals surface area contributed by atoms with E-state index < -0.39 is 5.60 Å². The van der Waals surface area contributed by atoms with Gasteiger partial charge in [0.05, 0.1) is 25.5 Å². The van der Waals surface area contributed by atoms with Crippen molar-refractivity contribution >= 4 is 16.8 Å². The van der Waals surface area contributed by atoms with Gasteiger partial charge in [0.15, 0.2) is 11.5 Å². The van der Waals surface area contributed by atoms with E-state index in [2.05, 4.69) is 54.5 Å². The highest BCUT2D eigenvalue weighted by molar-refractivity contribution is 5.97. The highest BCUT2D eigenvalue weighted by Crippen LogP contribution is 2.40. The first kappa shape index (κ1) is 28.7. The lowest BCUT2D eigenvalue weighted by Crippen LogP contribution is -2.41. The normalized spacial score (nSPS) is 17.6. The zero-order valence-electron chi connectivity index (χ0n) is 25.0. The van der Waals surface area contributed by atoms with Gasteiger partial charge in [-0.3, -0.25) is 4.79 Å². The Bertz CT molecular complexity index is 1540. The van der Waals surface area contributed by atoms with Crippen molar-refractivity contribution in [3.05, 3.63) is 71.8 Å². The molecule has 5 rings (SSSR count). The molecule has 6 heteroatoms. The van der Waals surface area contributed by atoms with Gasteiger partial charge >= 0.3 is 0 Å². The van der Waals surface area contributed by atoms with Gasteiger partial charge in [0.1, 0.15) is 0 Å². The number of aromatic nitrogens is 1. The SMILES string of the molecule is COc1ccc(-c2[nH]c3ccc(-c4cccc(C(=O)N[C@H]5CC[C@H](C(C)(C)O)CC5)c4)cc3c2C(C)C)cc1OC. The first-order chi connectivity index (χ1) is 19.6. The van der Waals surface area contributed by atoms with Crippen LogP contribution in [-0.4, -0.2) is 41.9 Å². The fourth-order valence-electron chi connectivity index (χ4n) is 6.26. The van der Waals surface area contributed by atoms with Crippen LogP contribution in [0.25, 0.3) is 33.3 Å². The van der Waals surface area contributed by atoms with E-state index in [1.54, 1.807) is 14.2 Å². The average molecular weight is 555 g/mol. The highest BCUT2D eigenvalue weighted by Gasteiger charge is 2.32. The molecule has 0 radical (unpaired) electrons. The van der Waals surface area contributed by atoms with Gasteiger partial charge in [-0.15, -0.1) is 0 Å². The number of aliphatic hydroxyl groups is 1. The van der Waals surface area contributed by atoms with Crippen molar-refractivity contribution in [3.8, 4) is 33.9 Å². The van der Waals surface area contributed by atoms with Crippen molar-refractivity contribution in [2.45, 2.75) is 70.9 Å². The van der Waals surface area contributed by atoms with E-state index in [4.69, 9.17) is 9.47 Å². The molecule has 6 nitrogen and oxygen atoms in total. The Balaban J connectivity index is 1.41. The molecule has 1 heterocycles. The summed E-state index contributed by atoms with van der Waals surface area (Å²) in [4.78, 5) is 16.8. The Kier molecular flexibility index (Phi) is 8.14. The molecule has 1 saturated carbocycles. The lowest BCUT2D eigenvalue weighted by Gasteiger charge is -2.36. The van der Waals surface area contributed by atoms with Gasteiger partial charge in [0.25, 0.3) is 5.91 Å². The molecule has 41 heavy (non-hydrogen) atoms. The maximum absolute atomic E-state index is 13.2. The lowest BCUT2D eigenvalue weighted by atomic mass is 9.77. The number of aromatic amines is 1. The number of rotatable bonds is 8. The third kappa shape index (κ3) is 5.98. The van der Waals surface area contributed by atoms with E-state index in [0.29, 0.717) is 17.1 Å². The highest BCUT2D eigenvalue weighted by atomic mass is 16.5. The van der Waals surface area contributed by atoms with E-state index in [9.17, 15) is 9.90 Å². The van der Waals surface area contributed by atoms with Crippen LogP contribution in [0.3, 0.4) is 0 Å². The first-order valence-corrected chi connectivity index (χ1v) is 14.6. The minimum atomic E-state index is -0.665. The topological polar surface area (TPSA) is 83.6 Å². The van der Waals surface area contributed by atoms with Crippen LogP contribution in [0, 0.1) is 5.92 Å². The zero-order chi connectivity index (χ0) is 29.3. The van der Waals surface area contributed by atoms with Crippen molar-refractivity contribution < 1.29 is 19.4 Å². The minimum absolute atomic E-state index is 0.0418. The number of fused-ring (bicyclic) bond motifs is 1. The van der Waals surface area contributed by atoms with Gasteiger partial charge in [0, 0.05) is 28.1 Å². The number of amides is 1. The molecular formula is C35H42N2O4.